The van der Waals surface area contributed by atoms with E-state index in [0.717, 1.165) is 55.0 Å². The van der Waals surface area contributed by atoms with Crippen LogP contribution in [0.2, 0.25) is 0 Å². The van der Waals surface area contributed by atoms with Crippen LogP contribution >= 0.6 is 11.3 Å². The van der Waals surface area contributed by atoms with Crippen molar-refractivity contribution in [2.75, 3.05) is 11.9 Å². The third kappa shape index (κ3) is 3.10. The van der Waals surface area contributed by atoms with Gasteiger partial charge in [-0.3, -0.25) is 10.1 Å². The Morgan fingerprint density at radius 1 is 1.35 bits per heavy atom. The predicted molar refractivity (Wildman–Crippen MR) is 104 cm³/mol. The maximum atomic E-state index is 11.2. The van der Waals surface area contributed by atoms with Crippen molar-refractivity contribution in [3.8, 4) is 5.69 Å². The summed E-state index contributed by atoms with van der Waals surface area (Å²) in [4.78, 5) is 12.1. The Bertz CT molecular complexity index is 947. The van der Waals surface area contributed by atoms with E-state index in [9.17, 15) is 10.1 Å². The van der Waals surface area contributed by atoms with Crippen LogP contribution in [0.3, 0.4) is 0 Å². The standard InChI is InChI=1S/C19H20N4O2S/c1-13-7-8-14(23(24)25)11-18(13)22-19-16(6-2-3-9-20-19)17(21-22)12-15-5-4-10-26-15/h4-5,7-8,10-11,20H,2-3,6,9,12H2,1H3. The van der Waals surface area contributed by atoms with E-state index in [-0.39, 0.29) is 10.6 Å². The van der Waals surface area contributed by atoms with Crippen LogP contribution in [0.15, 0.2) is 35.7 Å². The van der Waals surface area contributed by atoms with Gasteiger partial charge >= 0.3 is 0 Å². The number of hydrogen-bond acceptors (Lipinski definition) is 5. The molecule has 6 nitrogen and oxygen atoms in total. The smallest absolute Gasteiger partial charge is 0.271 e. The predicted octanol–water partition coefficient (Wildman–Crippen LogP) is 4.49. The van der Waals surface area contributed by atoms with Crippen molar-refractivity contribution in [2.24, 2.45) is 0 Å². The minimum atomic E-state index is -0.356. The second-order valence-corrected chi connectivity index (χ2v) is 7.59. The molecule has 0 aliphatic carbocycles. The molecule has 0 saturated carbocycles. The van der Waals surface area contributed by atoms with Gasteiger partial charge in [-0.1, -0.05) is 12.1 Å². The van der Waals surface area contributed by atoms with E-state index >= 15 is 0 Å². The van der Waals surface area contributed by atoms with Gasteiger partial charge in [-0.25, -0.2) is 4.68 Å². The van der Waals surface area contributed by atoms with Crippen LogP contribution in [0.25, 0.3) is 5.69 Å². The molecule has 1 N–H and O–H groups in total. The first kappa shape index (κ1) is 16.8. The number of rotatable bonds is 4. The van der Waals surface area contributed by atoms with Crippen LogP contribution in [0, 0.1) is 17.0 Å². The average Bonchev–Trinajstić information content (AvgIpc) is 3.17. The first-order valence-electron chi connectivity index (χ1n) is 8.76. The van der Waals surface area contributed by atoms with Gasteiger partial charge in [0.1, 0.15) is 5.82 Å². The Hall–Kier alpha value is -2.67. The van der Waals surface area contributed by atoms with E-state index in [1.807, 2.05) is 11.6 Å². The molecule has 0 fully saturated rings. The van der Waals surface area contributed by atoms with Gasteiger partial charge in [-0.2, -0.15) is 5.10 Å². The molecule has 3 heterocycles. The van der Waals surface area contributed by atoms with E-state index in [1.165, 1.54) is 10.4 Å². The highest BCUT2D eigenvalue weighted by molar-refractivity contribution is 7.09. The largest absolute Gasteiger partial charge is 0.370 e. The summed E-state index contributed by atoms with van der Waals surface area (Å²) in [6.07, 6.45) is 4.01. The van der Waals surface area contributed by atoms with Crippen LogP contribution < -0.4 is 5.32 Å². The van der Waals surface area contributed by atoms with Gasteiger partial charge < -0.3 is 5.32 Å². The summed E-state index contributed by atoms with van der Waals surface area (Å²) in [6, 6.07) is 9.12. The topological polar surface area (TPSA) is 73.0 Å². The highest BCUT2D eigenvalue weighted by Gasteiger charge is 2.22. The lowest BCUT2D eigenvalue weighted by atomic mass is 10.1. The second kappa shape index (κ2) is 6.92. The quantitative estimate of drug-likeness (QED) is 0.544. The van der Waals surface area contributed by atoms with Crippen LogP contribution in [-0.2, 0) is 12.8 Å². The number of nitro groups is 1. The first-order chi connectivity index (χ1) is 12.6. The summed E-state index contributed by atoms with van der Waals surface area (Å²) >= 11 is 1.73. The fourth-order valence-corrected chi connectivity index (χ4v) is 4.12. The van der Waals surface area contributed by atoms with E-state index in [2.05, 4.69) is 22.8 Å². The molecule has 1 aromatic carbocycles. The number of nitro benzene ring substituents is 1. The van der Waals surface area contributed by atoms with Gasteiger partial charge in [0.15, 0.2) is 0 Å². The van der Waals surface area contributed by atoms with Crippen molar-refractivity contribution < 1.29 is 4.92 Å². The molecule has 7 heteroatoms. The highest BCUT2D eigenvalue weighted by atomic mass is 32.1. The summed E-state index contributed by atoms with van der Waals surface area (Å²) in [5, 5.41) is 21.7. The Morgan fingerprint density at radius 2 is 2.23 bits per heavy atom. The normalized spacial score (nSPS) is 13.7. The van der Waals surface area contributed by atoms with Crippen LogP contribution in [0.1, 0.15) is 34.5 Å². The number of benzene rings is 1. The number of nitrogens with zero attached hydrogens (tertiary/aromatic N) is 3. The van der Waals surface area contributed by atoms with Gasteiger partial charge in [0.2, 0.25) is 0 Å². The molecule has 0 spiro atoms. The van der Waals surface area contributed by atoms with Crippen molar-refractivity contribution in [1.82, 2.24) is 9.78 Å². The van der Waals surface area contributed by atoms with E-state index < -0.39 is 0 Å². The van der Waals surface area contributed by atoms with E-state index in [1.54, 1.807) is 29.5 Å². The molecule has 3 aromatic rings. The maximum Gasteiger partial charge on any atom is 0.271 e. The lowest BCUT2D eigenvalue weighted by molar-refractivity contribution is -0.384. The number of nitrogens with one attached hydrogen (secondary N) is 1. The summed E-state index contributed by atoms with van der Waals surface area (Å²) in [6.45, 7) is 2.86. The number of hydrogen-bond donors (Lipinski definition) is 1. The number of non-ortho nitro benzene ring substituents is 1. The molecule has 0 radical (unpaired) electrons. The van der Waals surface area contributed by atoms with Crippen LogP contribution in [-0.4, -0.2) is 21.2 Å². The van der Waals surface area contributed by atoms with Gasteiger partial charge in [-0.15, -0.1) is 11.3 Å². The van der Waals surface area contributed by atoms with Crippen LogP contribution in [0.4, 0.5) is 11.5 Å². The molecule has 0 saturated heterocycles. The molecule has 134 valence electrons. The molecular formula is C19H20N4O2S. The summed E-state index contributed by atoms with van der Waals surface area (Å²) in [5.41, 5.74) is 4.12. The van der Waals surface area contributed by atoms with Crippen molar-refractivity contribution in [1.29, 1.82) is 0 Å². The Kier molecular flexibility index (Phi) is 4.46. The molecule has 0 amide bonds. The number of aryl methyl sites for hydroxylation is 1. The first-order valence-corrected chi connectivity index (χ1v) is 9.64. The zero-order valence-electron chi connectivity index (χ0n) is 14.6. The van der Waals surface area contributed by atoms with Crippen molar-refractivity contribution in [3.63, 3.8) is 0 Å². The summed E-state index contributed by atoms with van der Waals surface area (Å²) in [7, 11) is 0. The molecule has 26 heavy (non-hydrogen) atoms. The third-order valence-corrected chi connectivity index (χ3v) is 5.64. The molecule has 0 unspecified atom stereocenters. The zero-order chi connectivity index (χ0) is 18.1. The van der Waals surface area contributed by atoms with Gasteiger partial charge in [0.25, 0.3) is 5.69 Å². The molecular weight excluding hydrogens is 348 g/mol. The summed E-state index contributed by atoms with van der Waals surface area (Å²) in [5.74, 6) is 0.984. The Labute approximate surface area is 155 Å². The van der Waals surface area contributed by atoms with Crippen molar-refractivity contribution in [2.45, 2.75) is 32.6 Å². The molecule has 0 bridgehead atoms. The molecule has 2 aromatic heterocycles. The third-order valence-electron chi connectivity index (χ3n) is 4.77. The monoisotopic (exact) mass is 368 g/mol. The SMILES string of the molecule is Cc1ccc([N+](=O)[O-])cc1-n1nc(Cc2cccs2)c2c1NCCCC2. The van der Waals surface area contributed by atoms with Gasteiger partial charge in [0, 0.05) is 35.5 Å². The Balaban J connectivity index is 1.85. The minimum absolute atomic E-state index is 0.0864. The fourth-order valence-electron chi connectivity index (χ4n) is 3.41. The fraction of sp³-hybridized carbons (Fsp3) is 0.316. The van der Waals surface area contributed by atoms with Gasteiger partial charge in [0.05, 0.1) is 16.3 Å². The highest BCUT2D eigenvalue weighted by Crippen LogP contribution is 2.32. The molecule has 1 aliphatic heterocycles. The van der Waals surface area contributed by atoms with Crippen LogP contribution in [0.5, 0.6) is 0 Å². The van der Waals surface area contributed by atoms with Gasteiger partial charge in [-0.05, 0) is 43.2 Å². The number of thiophene rings is 1. The minimum Gasteiger partial charge on any atom is -0.370 e. The van der Waals surface area contributed by atoms with E-state index in [0.29, 0.717) is 0 Å². The zero-order valence-corrected chi connectivity index (χ0v) is 15.4. The number of fused-ring (bicyclic) bond motifs is 1. The molecule has 0 atom stereocenters. The second-order valence-electron chi connectivity index (χ2n) is 6.55. The molecule has 1 aliphatic rings. The lowest BCUT2D eigenvalue weighted by Crippen LogP contribution is -2.08. The Morgan fingerprint density at radius 3 is 3.00 bits per heavy atom. The number of aromatic nitrogens is 2. The van der Waals surface area contributed by atoms with E-state index in [4.69, 9.17) is 5.10 Å². The number of anilines is 1. The van der Waals surface area contributed by atoms with Crippen molar-refractivity contribution in [3.05, 3.63) is 67.5 Å². The maximum absolute atomic E-state index is 11.2. The molecule has 4 rings (SSSR count). The average molecular weight is 368 g/mol. The summed E-state index contributed by atoms with van der Waals surface area (Å²) < 4.78 is 1.87. The van der Waals surface area contributed by atoms with Crippen molar-refractivity contribution >= 4 is 22.8 Å². The lowest BCUT2D eigenvalue weighted by Gasteiger charge is -2.11.